The number of nitrogens with one attached hydrogen (secondary N) is 1. The van der Waals surface area contributed by atoms with Gasteiger partial charge in [0.15, 0.2) is 0 Å². The van der Waals surface area contributed by atoms with Crippen LogP contribution in [0, 0.1) is 0 Å². The minimum absolute atomic E-state index is 0.374. The number of H-pyrrole nitrogens is 1. The number of imidazole rings is 1. The summed E-state index contributed by atoms with van der Waals surface area (Å²) in [5.41, 5.74) is 7.84. The minimum Gasteiger partial charge on any atom is -0.342 e. The molecule has 0 radical (unpaired) electrons. The van der Waals surface area contributed by atoms with Crippen molar-refractivity contribution >= 4 is 22.6 Å². The van der Waals surface area contributed by atoms with E-state index in [1.165, 1.54) is 0 Å². The highest BCUT2D eigenvalue weighted by Crippen LogP contribution is 2.32. The molecule has 1 aromatic carbocycles. The fourth-order valence-electron chi connectivity index (χ4n) is 2.60. The molecule has 17 heavy (non-hydrogen) atoms. The van der Waals surface area contributed by atoms with Gasteiger partial charge in [0, 0.05) is 12.0 Å². The van der Waals surface area contributed by atoms with E-state index in [0.29, 0.717) is 12.0 Å². The van der Waals surface area contributed by atoms with Crippen LogP contribution in [0.1, 0.15) is 37.4 Å². The van der Waals surface area contributed by atoms with Crippen molar-refractivity contribution in [2.75, 3.05) is 0 Å². The molecule has 1 saturated carbocycles. The standard InChI is InChI=1S/C13H16ClN3/c14-10-2-1-3-11-12(10)17-13(16-11)8-4-6-9(15)7-5-8/h1-3,8-9H,4-7,15H2,(H,16,17). The van der Waals surface area contributed by atoms with Crippen molar-refractivity contribution in [2.45, 2.75) is 37.6 Å². The summed E-state index contributed by atoms with van der Waals surface area (Å²) >= 11 is 6.13. The molecule has 4 heteroatoms. The van der Waals surface area contributed by atoms with Gasteiger partial charge < -0.3 is 10.7 Å². The predicted octanol–water partition coefficient (Wildman–Crippen LogP) is 3.20. The molecule has 0 unspecified atom stereocenters. The largest absolute Gasteiger partial charge is 0.342 e. The number of nitrogens with zero attached hydrogens (tertiary/aromatic N) is 1. The summed E-state index contributed by atoms with van der Waals surface area (Å²) in [5, 5.41) is 0.720. The number of para-hydroxylation sites is 1. The number of fused-ring (bicyclic) bond motifs is 1. The molecule has 0 bridgehead atoms. The molecule has 0 atom stereocenters. The Morgan fingerprint density at radius 1 is 1.24 bits per heavy atom. The first-order chi connectivity index (χ1) is 8.24. The molecule has 1 aromatic heterocycles. The van der Waals surface area contributed by atoms with Crippen molar-refractivity contribution in [3.8, 4) is 0 Å². The van der Waals surface area contributed by atoms with Crippen LogP contribution in [0.5, 0.6) is 0 Å². The fraction of sp³-hybridized carbons (Fsp3) is 0.462. The van der Waals surface area contributed by atoms with Crippen molar-refractivity contribution in [1.29, 1.82) is 0 Å². The molecular weight excluding hydrogens is 234 g/mol. The second-order valence-corrected chi connectivity index (χ2v) is 5.28. The van der Waals surface area contributed by atoms with E-state index in [4.69, 9.17) is 17.3 Å². The van der Waals surface area contributed by atoms with E-state index in [9.17, 15) is 0 Å². The van der Waals surface area contributed by atoms with Gasteiger partial charge in [-0.1, -0.05) is 17.7 Å². The molecule has 0 spiro atoms. The van der Waals surface area contributed by atoms with E-state index in [1.54, 1.807) is 0 Å². The Hall–Kier alpha value is -1.06. The molecule has 90 valence electrons. The Bertz CT molecular complexity index is 526. The van der Waals surface area contributed by atoms with Crippen LogP contribution in [-0.2, 0) is 0 Å². The van der Waals surface area contributed by atoms with Crippen LogP contribution in [0.15, 0.2) is 18.2 Å². The number of rotatable bonds is 1. The van der Waals surface area contributed by atoms with Crippen LogP contribution in [0.2, 0.25) is 5.02 Å². The lowest BCUT2D eigenvalue weighted by atomic mass is 9.86. The molecule has 0 amide bonds. The van der Waals surface area contributed by atoms with Gasteiger partial charge in [-0.2, -0.15) is 0 Å². The van der Waals surface area contributed by atoms with Gasteiger partial charge in [0.05, 0.1) is 10.5 Å². The molecule has 3 nitrogen and oxygen atoms in total. The second-order valence-electron chi connectivity index (χ2n) is 4.87. The fourth-order valence-corrected chi connectivity index (χ4v) is 2.82. The summed E-state index contributed by atoms with van der Waals surface area (Å²) in [6.07, 6.45) is 4.43. The van der Waals surface area contributed by atoms with E-state index in [0.717, 1.165) is 47.6 Å². The third kappa shape index (κ3) is 2.05. The zero-order chi connectivity index (χ0) is 11.8. The zero-order valence-electron chi connectivity index (χ0n) is 9.62. The molecule has 0 aliphatic heterocycles. The Balaban J connectivity index is 1.93. The maximum absolute atomic E-state index is 6.13. The van der Waals surface area contributed by atoms with Crippen LogP contribution in [-0.4, -0.2) is 16.0 Å². The van der Waals surface area contributed by atoms with Gasteiger partial charge in [0.2, 0.25) is 0 Å². The highest BCUT2D eigenvalue weighted by atomic mass is 35.5. The monoisotopic (exact) mass is 249 g/mol. The van der Waals surface area contributed by atoms with Crippen LogP contribution in [0.3, 0.4) is 0 Å². The van der Waals surface area contributed by atoms with E-state index in [-0.39, 0.29) is 0 Å². The lowest BCUT2D eigenvalue weighted by molar-refractivity contribution is 0.386. The van der Waals surface area contributed by atoms with Gasteiger partial charge >= 0.3 is 0 Å². The Labute approximate surface area is 105 Å². The lowest BCUT2D eigenvalue weighted by Gasteiger charge is -2.24. The first-order valence-corrected chi connectivity index (χ1v) is 6.51. The van der Waals surface area contributed by atoms with Crippen LogP contribution < -0.4 is 5.73 Å². The summed E-state index contributed by atoms with van der Waals surface area (Å²) < 4.78 is 0. The van der Waals surface area contributed by atoms with Gasteiger partial charge in [0.25, 0.3) is 0 Å². The van der Waals surface area contributed by atoms with Crippen LogP contribution in [0.25, 0.3) is 11.0 Å². The summed E-state index contributed by atoms with van der Waals surface area (Å²) in [6.45, 7) is 0. The number of aromatic amines is 1. The Kier molecular flexibility index (Phi) is 2.81. The minimum atomic E-state index is 0.374. The third-order valence-corrected chi connectivity index (χ3v) is 3.95. The predicted molar refractivity (Wildman–Crippen MR) is 70.3 cm³/mol. The van der Waals surface area contributed by atoms with Gasteiger partial charge in [-0.05, 0) is 37.8 Å². The average Bonchev–Trinajstić information content (AvgIpc) is 2.75. The molecule has 0 saturated heterocycles. The van der Waals surface area contributed by atoms with Crippen LogP contribution >= 0.6 is 11.6 Å². The highest BCUT2D eigenvalue weighted by Gasteiger charge is 2.22. The van der Waals surface area contributed by atoms with E-state index in [1.807, 2.05) is 18.2 Å². The molecular formula is C13H16ClN3. The van der Waals surface area contributed by atoms with Crippen LogP contribution in [0.4, 0.5) is 0 Å². The van der Waals surface area contributed by atoms with E-state index < -0.39 is 0 Å². The average molecular weight is 250 g/mol. The maximum atomic E-state index is 6.13. The summed E-state index contributed by atoms with van der Waals surface area (Å²) in [4.78, 5) is 8.02. The summed E-state index contributed by atoms with van der Waals surface area (Å²) in [7, 11) is 0. The van der Waals surface area contributed by atoms with Gasteiger partial charge in [-0.3, -0.25) is 0 Å². The normalized spacial score (nSPS) is 25.3. The topological polar surface area (TPSA) is 54.7 Å². The second kappa shape index (κ2) is 4.31. The smallest absolute Gasteiger partial charge is 0.110 e. The zero-order valence-corrected chi connectivity index (χ0v) is 10.4. The SMILES string of the molecule is NC1CCC(c2nc3c(Cl)cccc3[nH]2)CC1. The van der Waals surface area contributed by atoms with E-state index >= 15 is 0 Å². The third-order valence-electron chi connectivity index (χ3n) is 3.64. The lowest BCUT2D eigenvalue weighted by Crippen LogP contribution is -2.26. The number of nitrogens with two attached hydrogens (primary N) is 1. The maximum Gasteiger partial charge on any atom is 0.110 e. The molecule has 2 aromatic rings. The molecule has 3 rings (SSSR count). The van der Waals surface area contributed by atoms with Crippen molar-refractivity contribution in [3.05, 3.63) is 29.0 Å². The van der Waals surface area contributed by atoms with Gasteiger partial charge in [-0.15, -0.1) is 0 Å². The van der Waals surface area contributed by atoms with Crippen molar-refractivity contribution in [1.82, 2.24) is 9.97 Å². The molecule has 1 aliphatic rings. The Morgan fingerprint density at radius 2 is 2.00 bits per heavy atom. The number of halogens is 1. The Morgan fingerprint density at radius 3 is 2.71 bits per heavy atom. The number of aromatic nitrogens is 2. The van der Waals surface area contributed by atoms with Crippen molar-refractivity contribution < 1.29 is 0 Å². The number of hydrogen-bond donors (Lipinski definition) is 2. The first kappa shape index (κ1) is 11.1. The van der Waals surface area contributed by atoms with Crippen molar-refractivity contribution in [3.63, 3.8) is 0 Å². The quantitative estimate of drug-likeness (QED) is 0.816. The van der Waals surface area contributed by atoms with Gasteiger partial charge in [-0.25, -0.2) is 4.98 Å². The van der Waals surface area contributed by atoms with Gasteiger partial charge in [0.1, 0.15) is 11.3 Å². The van der Waals surface area contributed by atoms with Crippen molar-refractivity contribution in [2.24, 2.45) is 5.73 Å². The first-order valence-electron chi connectivity index (χ1n) is 6.14. The summed E-state index contributed by atoms with van der Waals surface area (Å²) in [5.74, 6) is 1.58. The molecule has 1 fully saturated rings. The number of benzene rings is 1. The molecule has 3 N–H and O–H groups in total. The highest BCUT2D eigenvalue weighted by molar-refractivity contribution is 6.34. The molecule has 1 heterocycles. The summed E-state index contributed by atoms with van der Waals surface area (Å²) in [6, 6.07) is 6.22. The van der Waals surface area contributed by atoms with E-state index in [2.05, 4.69) is 9.97 Å². The molecule has 1 aliphatic carbocycles. The number of hydrogen-bond acceptors (Lipinski definition) is 2.